The lowest BCUT2D eigenvalue weighted by Crippen LogP contribution is -3.00. The highest BCUT2D eigenvalue weighted by Gasteiger charge is 2.11. The molecule has 0 saturated heterocycles. The molecule has 0 atom stereocenters. The van der Waals surface area contributed by atoms with Gasteiger partial charge in [0.1, 0.15) is 0 Å². The van der Waals surface area contributed by atoms with Crippen molar-refractivity contribution >= 4 is 5.69 Å². The van der Waals surface area contributed by atoms with E-state index in [1.807, 2.05) is 42.1 Å². The van der Waals surface area contributed by atoms with Crippen LogP contribution in [-0.2, 0) is 6.54 Å². The van der Waals surface area contributed by atoms with Crippen LogP contribution in [0.3, 0.4) is 0 Å². The summed E-state index contributed by atoms with van der Waals surface area (Å²) in [5, 5.41) is 10.7. The molecule has 0 fully saturated rings. The Bertz CT molecular complexity index is 544. The summed E-state index contributed by atoms with van der Waals surface area (Å²) in [6, 6.07) is 10.8. The first-order valence-electron chi connectivity index (χ1n) is 5.35. The summed E-state index contributed by atoms with van der Waals surface area (Å²) in [5.41, 5.74) is 2.17. The number of benzene rings is 1. The minimum absolute atomic E-state index is 0. The van der Waals surface area contributed by atoms with E-state index in [0.717, 1.165) is 11.1 Å². The van der Waals surface area contributed by atoms with Crippen molar-refractivity contribution in [3.63, 3.8) is 0 Å². The van der Waals surface area contributed by atoms with E-state index >= 15 is 0 Å². The van der Waals surface area contributed by atoms with Gasteiger partial charge in [0.15, 0.2) is 18.9 Å². The molecule has 0 amide bonds. The standard InChI is InChI=1S/C13H13N2O2.ClH/c1-11-5-6-13(15(16)17)9-12(11)10-14-7-3-2-4-8-14;/h2-9H,10H2,1H3;1H/q+1;/p-1. The fourth-order valence-corrected chi connectivity index (χ4v) is 1.68. The smallest absolute Gasteiger partial charge is 0.269 e. The van der Waals surface area contributed by atoms with Crippen LogP contribution in [0.15, 0.2) is 48.8 Å². The van der Waals surface area contributed by atoms with E-state index in [1.54, 1.807) is 12.1 Å². The summed E-state index contributed by atoms with van der Waals surface area (Å²) in [5.74, 6) is 0. The SMILES string of the molecule is Cc1ccc([N+](=O)[O-])cc1C[n+]1ccccc1.[Cl-]. The van der Waals surface area contributed by atoms with Gasteiger partial charge in [-0.05, 0) is 12.5 Å². The van der Waals surface area contributed by atoms with Gasteiger partial charge in [-0.15, -0.1) is 0 Å². The summed E-state index contributed by atoms with van der Waals surface area (Å²) >= 11 is 0. The second kappa shape index (κ2) is 6.12. The van der Waals surface area contributed by atoms with Gasteiger partial charge < -0.3 is 12.4 Å². The van der Waals surface area contributed by atoms with Crippen molar-refractivity contribution in [1.82, 2.24) is 0 Å². The quantitative estimate of drug-likeness (QED) is 0.416. The predicted molar refractivity (Wildman–Crippen MR) is 63.6 cm³/mol. The van der Waals surface area contributed by atoms with E-state index in [9.17, 15) is 10.1 Å². The third-order valence-corrected chi connectivity index (χ3v) is 2.67. The maximum atomic E-state index is 10.7. The molecule has 0 unspecified atom stereocenters. The highest BCUT2D eigenvalue weighted by Crippen LogP contribution is 2.16. The molecule has 5 heteroatoms. The van der Waals surface area contributed by atoms with Crippen LogP contribution in [0, 0.1) is 17.0 Å². The van der Waals surface area contributed by atoms with Crippen molar-refractivity contribution in [2.75, 3.05) is 0 Å². The van der Waals surface area contributed by atoms with Gasteiger partial charge in [-0.25, -0.2) is 4.57 Å². The van der Waals surface area contributed by atoms with Crippen LogP contribution in [0.1, 0.15) is 11.1 Å². The van der Waals surface area contributed by atoms with Crippen molar-refractivity contribution in [3.05, 3.63) is 70.0 Å². The molecule has 18 heavy (non-hydrogen) atoms. The van der Waals surface area contributed by atoms with Crippen molar-refractivity contribution in [2.45, 2.75) is 13.5 Å². The molecule has 2 rings (SSSR count). The van der Waals surface area contributed by atoms with Crippen LogP contribution in [0.2, 0.25) is 0 Å². The fraction of sp³-hybridized carbons (Fsp3) is 0.154. The summed E-state index contributed by atoms with van der Waals surface area (Å²) in [6.45, 7) is 2.61. The number of nitro benzene ring substituents is 1. The van der Waals surface area contributed by atoms with E-state index < -0.39 is 0 Å². The van der Waals surface area contributed by atoms with E-state index in [4.69, 9.17) is 0 Å². The molecule has 0 saturated carbocycles. The number of aryl methyl sites for hydroxylation is 1. The lowest BCUT2D eigenvalue weighted by Gasteiger charge is -2.02. The van der Waals surface area contributed by atoms with Gasteiger partial charge in [0, 0.05) is 29.8 Å². The zero-order valence-electron chi connectivity index (χ0n) is 9.91. The maximum absolute atomic E-state index is 10.7. The van der Waals surface area contributed by atoms with Crippen molar-refractivity contribution in [1.29, 1.82) is 0 Å². The molecule has 0 bridgehead atoms. The molecule has 0 aliphatic heterocycles. The number of rotatable bonds is 3. The van der Waals surface area contributed by atoms with E-state index in [0.29, 0.717) is 6.54 Å². The number of nitro groups is 1. The molecular weight excluding hydrogens is 252 g/mol. The van der Waals surface area contributed by atoms with Crippen LogP contribution >= 0.6 is 0 Å². The van der Waals surface area contributed by atoms with Crippen LogP contribution < -0.4 is 17.0 Å². The molecule has 0 radical (unpaired) electrons. The molecule has 0 N–H and O–H groups in total. The number of nitrogens with zero attached hydrogens (tertiary/aromatic N) is 2. The molecule has 2 aromatic rings. The molecule has 1 heterocycles. The number of pyridine rings is 1. The Hall–Kier alpha value is -1.94. The fourth-order valence-electron chi connectivity index (χ4n) is 1.68. The highest BCUT2D eigenvalue weighted by atomic mass is 35.5. The Morgan fingerprint density at radius 1 is 1.22 bits per heavy atom. The van der Waals surface area contributed by atoms with E-state index in [2.05, 4.69) is 0 Å². The van der Waals surface area contributed by atoms with Gasteiger partial charge in [-0.2, -0.15) is 0 Å². The van der Waals surface area contributed by atoms with Crippen LogP contribution in [0.25, 0.3) is 0 Å². The van der Waals surface area contributed by atoms with Crippen molar-refractivity contribution < 1.29 is 21.9 Å². The Balaban J connectivity index is 0.00000162. The largest absolute Gasteiger partial charge is 1.00 e. The number of non-ortho nitro benzene ring substituents is 1. The average molecular weight is 265 g/mol. The topological polar surface area (TPSA) is 47.0 Å². The lowest BCUT2D eigenvalue weighted by molar-refractivity contribution is -0.688. The molecule has 0 aliphatic carbocycles. The van der Waals surface area contributed by atoms with Gasteiger partial charge in [0.2, 0.25) is 0 Å². The Labute approximate surface area is 111 Å². The Morgan fingerprint density at radius 2 is 1.89 bits per heavy atom. The van der Waals surface area contributed by atoms with Gasteiger partial charge in [-0.1, -0.05) is 12.1 Å². The van der Waals surface area contributed by atoms with Gasteiger partial charge in [-0.3, -0.25) is 10.1 Å². The monoisotopic (exact) mass is 264 g/mol. The van der Waals surface area contributed by atoms with Gasteiger partial charge in [0.05, 0.1) is 4.92 Å². The molecule has 0 aliphatic rings. The molecule has 1 aromatic heterocycles. The zero-order chi connectivity index (χ0) is 12.3. The molecular formula is C13H13ClN2O2. The molecule has 1 aromatic carbocycles. The van der Waals surface area contributed by atoms with Crippen molar-refractivity contribution in [2.24, 2.45) is 0 Å². The third kappa shape index (κ3) is 3.28. The summed E-state index contributed by atoms with van der Waals surface area (Å²) < 4.78 is 1.99. The molecule has 4 nitrogen and oxygen atoms in total. The van der Waals surface area contributed by atoms with E-state index in [1.165, 1.54) is 6.07 Å². The Morgan fingerprint density at radius 3 is 2.50 bits per heavy atom. The minimum atomic E-state index is -0.362. The first kappa shape index (κ1) is 14.1. The number of hydrogen-bond acceptors (Lipinski definition) is 2. The lowest BCUT2D eigenvalue weighted by atomic mass is 10.1. The number of halogens is 1. The zero-order valence-corrected chi connectivity index (χ0v) is 10.7. The second-order valence-electron chi connectivity index (χ2n) is 3.92. The molecule has 94 valence electrons. The Kier molecular flexibility index (Phi) is 4.80. The normalized spacial score (nSPS) is 9.61. The molecule has 0 spiro atoms. The summed E-state index contributed by atoms with van der Waals surface area (Å²) in [4.78, 5) is 10.4. The summed E-state index contributed by atoms with van der Waals surface area (Å²) in [6.07, 6.45) is 3.89. The minimum Gasteiger partial charge on any atom is -1.00 e. The van der Waals surface area contributed by atoms with Crippen LogP contribution in [0.4, 0.5) is 5.69 Å². The maximum Gasteiger partial charge on any atom is 0.269 e. The van der Waals surface area contributed by atoms with E-state index in [-0.39, 0.29) is 23.0 Å². The van der Waals surface area contributed by atoms with Gasteiger partial charge in [0.25, 0.3) is 5.69 Å². The summed E-state index contributed by atoms with van der Waals surface area (Å²) in [7, 11) is 0. The van der Waals surface area contributed by atoms with Crippen LogP contribution in [0.5, 0.6) is 0 Å². The first-order chi connectivity index (χ1) is 8.16. The first-order valence-corrected chi connectivity index (χ1v) is 5.35. The number of aromatic nitrogens is 1. The average Bonchev–Trinajstić information content (AvgIpc) is 2.33. The van der Waals surface area contributed by atoms with Gasteiger partial charge >= 0.3 is 0 Å². The van der Waals surface area contributed by atoms with Crippen molar-refractivity contribution in [3.8, 4) is 0 Å². The third-order valence-electron chi connectivity index (χ3n) is 2.67. The number of hydrogen-bond donors (Lipinski definition) is 0. The predicted octanol–water partition coefficient (Wildman–Crippen LogP) is -0.757. The second-order valence-corrected chi connectivity index (χ2v) is 3.92. The van der Waals surface area contributed by atoms with Crippen LogP contribution in [-0.4, -0.2) is 4.92 Å². The highest BCUT2D eigenvalue weighted by molar-refractivity contribution is 5.38.